The molecule has 3 aliphatic heterocycles. The molecule has 4 atom stereocenters. The van der Waals surface area contributed by atoms with Crippen LogP contribution >= 0.6 is 0 Å². The maximum atomic E-state index is 13.3. The molecule has 0 N–H and O–H groups in total. The molecule has 2 aromatic rings. The lowest BCUT2D eigenvalue weighted by atomic mass is 9.70. The third-order valence-electron chi connectivity index (χ3n) is 6.06. The van der Waals surface area contributed by atoms with Crippen molar-refractivity contribution in [1.29, 1.82) is 0 Å². The van der Waals surface area contributed by atoms with Crippen molar-refractivity contribution in [2.75, 3.05) is 11.9 Å². The molecule has 0 unspecified atom stereocenters. The molecule has 140 valence electrons. The Morgan fingerprint density at radius 1 is 0.893 bits per heavy atom. The number of amides is 3. The lowest BCUT2D eigenvalue weighted by molar-refractivity contribution is -0.383. The summed E-state index contributed by atoms with van der Waals surface area (Å²) in [6.07, 6.45) is 3.53. The number of anilines is 1. The largest absolute Gasteiger partial charge is 0.338 e. The molecular weight excluding hydrogens is 362 g/mol. The number of nitrogens with zero attached hydrogens (tertiary/aromatic N) is 3. The van der Waals surface area contributed by atoms with Crippen LogP contribution in [0.2, 0.25) is 0 Å². The Labute approximate surface area is 159 Å². The average Bonchev–Trinajstić information content (AvgIpc) is 2.96. The molecule has 0 spiro atoms. The predicted octanol–water partition coefficient (Wildman–Crippen LogP) is 1.88. The first kappa shape index (κ1) is 16.6. The Balaban J connectivity index is 1.67. The molecule has 4 aliphatic rings. The summed E-state index contributed by atoms with van der Waals surface area (Å²) in [5.74, 6) is -2.95. The number of likely N-dealkylation sites (N-methyl/N-ethyl adjacent to an activating group) is 1. The van der Waals surface area contributed by atoms with Gasteiger partial charge in [-0.25, -0.2) is 4.90 Å². The number of hydrogen-bond acceptors (Lipinski definition) is 5. The molecule has 2 saturated heterocycles. The lowest BCUT2D eigenvalue weighted by Gasteiger charge is -2.44. The number of fused-ring (bicyclic) bond motifs is 2. The first-order chi connectivity index (χ1) is 13.4. The van der Waals surface area contributed by atoms with Crippen LogP contribution in [-0.4, -0.2) is 40.6 Å². The molecule has 1 aliphatic carbocycles. The number of non-ortho nitro benzene ring substituents is 1. The van der Waals surface area contributed by atoms with E-state index in [1.807, 2.05) is 6.08 Å². The van der Waals surface area contributed by atoms with Crippen molar-refractivity contribution in [3.63, 3.8) is 0 Å². The number of nitro benzene ring substituents is 1. The van der Waals surface area contributed by atoms with Crippen LogP contribution in [-0.2, 0) is 14.4 Å². The maximum absolute atomic E-state index is 13.3. The Kier molecular flexibility index (Phi) is 3.25. The second kappa shape index (κ2) is 5.48. The second-order valence-corrected chi connectivity index (χ2v) is 7.32. The van der Waals surface area contributed by atoms with Gasteiger partial charge in [-0.2, -0.15) is 0 Å². The van der Waals surface area contributed by atoms with Crippen LogP contribution in [0.4, 0.5) is 11.4 Å². The van der Waals surface area contributed by atoms with Crippen LogP contribution in [0.1, 0.15) is 0 Å². The number of carbonyl (C=O) groups is 3. The first-order valence-electron chi connectivity index (χ1n) is 8.91. The quantitative estimate of drug-likeness (QED) is 0.344. The van der Waals surface area contributed by atoms with E-state index < -0.39 is 34.6 Å². The van der Waals surface area contributed by atoms with Crippen molar-refractivity contribution in [2.24, 2.45) is 17.8 Å². The molecule has 0 radical (unpaired) electrons. The topological polar surface area (TPSA) is 101 Å². The summed E-state index contributed by atoms with van der Waals surface area (Å²) in [5.41, 5.74) is 0.229. The summed E-state index contributed by atoms with van der Waals surface area (Å²) in [6, 6.07) is 8.93. The number of hydrogen-bond donors (Lipinski definition) is 0. The van der Waals surface area contributed by atoms with Crippen LogP contribution in [0.5, 0.6) is 0 Å². The number of benzene rings is 2. The van der Waals surface area contributed by atoms with Crippen molar-refractivity contribution in [2.45, 2.75) is 6.04 Å². The summed E-state index contributed by atoms with van der Waals surface area (Å²) < 4.78 is 0. The summed E-state index contributed by atoms with van der Waals surface area (Å²) in [5, 5.41) is 12.2. The normalized spacial score (nSPS) is 28.4. The summed E-state index contributed by atoms with van der Waals surface area (Å²) in [4.78, 5) is 52.5. The highest BCUT2D eigenvalue weighted by atomic mass is 16.6. The molecule has 0 saturated carbocycles. The van der Waals surface area contributed by atoms with Gasteiger partial charge in [-0.1, -0.05) is 30.4 Å². The predicted molar refractivity (Wildman–Crippen MR) is 99.3 cm³/mol. The van der Waals surface area contributed by atoms with Crippen LogP contribution in [0.25, 0.3) is 10.8 Å². The molecule has 3 heterocycles. The van der Waals surface area contributed by atoms with Crippen molar-refractivity contribution < 1.29 is 19.3 Å². The Hall–Kier alpha value is -3.55. The van der Waals surface area contributed by atoms with E-state index in [2.05, 4.69) is 0 Å². The van der Waals surface area contributed by atoms with Gasteiger partial charge in [0.15, 0.2) is 0 Å². The van der Waals surface area contributed by atoms with Gasteiger partial charge in [0, 0.05) is 18.5 Å². The number of rotatable bonds is 2. The molecule has 8 nitrogen and oxygen atoms in total. The number of carbonyl (C=O) groups excluding carboxylic acids is 3. The molecule has 3 amide bonds. The van der Waals surface area contributed by atoms with E-state index in [9.17, 15) is 24.5 Å². The highest BCUT2D eigenvalue weighted by Crippen LogP contribution is 2.47. The molecule has 2 fully saturated rings. The minimum absolute atomic E-state index is 0.0903. The molecule has 2 aromatic carbocycles. The Morgan fingerprint density at radius 3 is 2.29 bits per heavy atom. The van der Waals surface area contributed by atoms with Crippen molar-refractivity contribution >= 4 is 39.9 Å². The first-order valence-corrected chi connectivity index (χ1v) is 8.91. The van der Waals surface area contributed by atoms with Gasteiger partial charge in [-0.15, -0.1) is 0 Å². The van der Waals surface area contributed by atoms with Gasteiger partial charge < -0.3 is 4.90 Å². The molecule has 6 rings (SSSR count). The maximum Gasteiger partial charge on any atom is 0.277 e. The highest BCUT2D eigenvalue weighted by molar-refractivity contribution is 6.27. The van der Waals surface area contributed by atoms with Gasteiger partial charge in [-0.3, -0.25) is 24.5 Å². The number of imide groups is 1. The van der Waals surface area contributed by atoms with Gasteiger partial charge in [0.25, 0.3) is 5.69 Å². The number of nitro groups is 1. The van der Waals surface area contributed by atoms with Crippen molar-refractivity contribution in [3.8, 4) is 0 Å². The van der Waals surface area contributed by atoms with Crippen molar-refractivity contribution in [3.05, 3.63) is 58.7 Å². The van der Waals surface area contributed by atoms with Gasteiger partial charge in [0.1, 0.15) is 0 Å². The van der Waals surface area contributed by atoms with E-state index in [1.165, 1.54) is 17.0 Å². The third kappa shape index (κ3) is 1.91. The van der Waals surface area contributed by atoms with Gasteiger partial charge in [0.2, 0.25) is 17.7 Å². The van der Waals surface area contributed by atoms with E-state index in [-0.39, 0.29) is 17.5 Å². The molecule has 2 bridgehead atoms. The molecule has 8 heteroatoms. The third-order valence-corrected chi connectivity index (χ3v) is 6.06. The summed E-state index contributed by atoms with van der Waals surface area (Å²) in [7, 11) is 1.64. The van der Waals surface area contributed by atoms with Gasteiger partial charge in [-0.05, 0) is 12.1 Å². The second-order valence-electron chi connectivity index (χ2n) is 7.32. The van der Waals surface area contributed by atoms with Gasteiger partial charge >= 0.3 is 0 Å². The molecule has 28 heavy (non-hydrogen) atoms. The highest BCUT2D eigenvalue weighted by Gasteiger charge is 2.61. The number of piperidine rings is 1. The summed E-state index contributed by atoms with van der Waals surface area (Å²) >= 11 is 0. The average molecular weight is 377 g/mol. The zero-order valence-corrected chi connectivity index (χ0v) is 14.8. The van der Waals surface area contributed by atoms with Crippen LogP contribution in [0, 0.1) is 27.9 Å². The Bertz CT molecular complexity index is 1120. The fraction of sp³-hybridized carbons (Fsp3) is 0.250. The van der Waals surface area contributed by atoms with Gasteiger partial charge in [0.05, 0.1) is 39.8 Å². The monoisotopic (exact) mass is 377 g/mol. The fourth-order valence-electron chi connectivity index (χ4n) is 4.77. The minimum Gasteiger partial charge on any atom is -0.338 e. The SMILES string of the molecule is CN1C(=O)[C@@H]2C=C[C@H]1[C@H]1C(=O)N(c3ccc([N+](=O)[O-])c4ccccc34)C(=O)[C@H]12. The van der Waals surface area contributed by atoms with E-state index >= 15 is 0 Å². The fourth-order valence-corrected chi connectivity index (χ4v) is 4.77. The zero-order chi connectivity index (χ0) is 19.7. The van der Waals surface area contributed by atoms with Crippen LogP contribution < -0.4 is 4.90 Å². The zero-order valence-electron chi connectivity index (χ0n) is 14.8. The van der Waals surface area contributed by atoms with E-state index in [1.54, 1.807) is 37.4 Å². The molecular formula is C20H15N3O5. The Morgan fingerprint density at radius 2 is 1.57 bits per heavy atom. The van der Waals surface area contributed by atoms with Crippen LogP contribution in [0.15, 0.2) is 48.6 Å². The van der Waals surface area contributed by atoms with Crippen LogP contribution in [0.3, 0.4) is 0 Å². The minimum atomic E-state index is -0.722. The van der Waals surface area contributed by atoms with Crippen molar-refractivity contribution in [1.82, 2.24) is 4.90 Å². The standard InChI is InChI=1S/C20H15N3O5/c1-21-15-7-6-12(18(21)24)16-17(15)20(26)22(19(16)25)13-8-9-14(23(27)28)11-5-3-2-4-10(11)13/h2-9,12,15-17H,1H3/t12-,15+,16+,17-/m1/s1. The van der Waals surface area contributed by atoms with E-state index in [0.717, 1.165) is 4.90 Å². The summed E-state index contributed by atoms with van der Waals surface area (Å²) in [6.45, 7) is 0. The van der Waals surface area contributed by atoms with E-state index in [0.29, 0.717) is 16.5 Å². The molecule has 0 aromatic heterocycles. The smallest absolute Gasteiger partial charge is 0.277 e. The van der Waals surface area contributed by atoms with E-state index in [4.69, 9.17) is 0 Å². The lowest BCUT2D eigenvalue weighted by Crippen LogP contribution is -2.57.